The minimum absolute atomic E-state index is 0. The summed E-state index contributed by atoms with van der Waals surface area (Å²) in [6.45, 7) is -0.356. The van der Waals surface area contributed by atoms with Crippen molar-refractivity contribution in [3.05, 3.63) is 28.3 Å². The standard InChI is InChI=1S/C17H20N4O5.ClH/c22-16(19-12-5-10-1-2-11(6-12)18-10)8-20-14-7-13(21(24)25)3-4-15(14)26-9-17(20)23;/h3-4,7,10-12,18H,1-2,5-6,8-9H2,(H,19,22);1H. The van der Waals surface area contributed by atoms with Crippen molar-refractivity contribution in [2.75, 3.05) is 18.1 Å². The molecular weight excluding hydrogens is 376 g/mol. The van der Waals surface area contributed by atoms with E-state index in [0.29, 0.717) is 17.8 Å². The second kappa shape index (κ2) is 7.69. The molecule has 2 N–H and O–H groups in total. The summed E-state index contributed by atoms with van der Waals surface area (Å²) in [5, 5.41) is 17.5. The highest BCUT2D eigenvalue weighted by Crippen LogP contribution is 2.35. The Labute approximate surface area is 162 Å². The number of nitrogens with one attached hydrogen (secondary N) is 2. The first-order valence-electron chi connectivity index (χ1n) is 8.76. The van der Waals surface area contributed by atoms with Crippen LogP contribution in [0.2, 0.25) is 0 Å². The van der Waals surface area contributed by atoms with Crippen LogP contribution in [-0.4, -0.2) is 48.0 Å². The SMILES string of the molecule is Cl.O=C(CN1C(=O)COc2ccc([N+](=O)[O-])cc21)NC1CC2CCC(C1)N2. The molecule has 2 fully saturated rings. The highest BCUT2D eigenvalue weighted by molar-refractivity contribution is 6.02. The van der Waals surface area contributed by atoms with E-state index in [1.54, 1.807) is 0 Å². The molecule has 3 heterocycles. The van der Waals surface area contributed by atoms with Crippen LogP contribution >= 0.6 is 12.4 Å². The Morgan fingerprint density at radius 1 is 1.33 bits per heavy atom. The monoisotopic (exact) mass is 396 g/mol. The highest BCUT2D eigenvalue weighted by atomic mass is 35.5. The van der Waals surface area contributed by atoms with Gasteiger partial charge in [0.15, 0.2) is 6.61 Å². The zero-order valence-corrected chi connectivity index (χ0v) is 15.4. The van der Waals surface area contributed by atoms with Crippen molar-refractivity contribution in [1.82, 2.24) is 10.6 Å². The maximum atomic E-state index is 12.5. The first kappa shape index (κ1) is 19.4. The molecule has 2 saturated heterocycles. The van der Waals surface area contributed by atoms with Gasteiger partial charge in [-0.15, -0.1) is 12.4 Å². The van der Waals surface area contributed by atoms with E-state index in [2.05, 4.69) is 10.6 Å². The predicted octanol–water partition coefficient (Wildman–Crippen LogP) is 1.14. The molecule has 0 aromatic heterocycles. The summed E-state index contributed by atoms with van der Waals surface area (Å²) in [4.78, 5) is 36.4. The van der Waals surface area contributed by atoms with E-state index in [-0.39, 0.29) is 48.9 Å². The van der Waals surface area contributed by atoms with E-state index in [0.717, 1.165) is 25.7 Å². The number of hydrogen-bond donors (Lipinski definition) is 2. The summed E-state index contributed by atoms with van der Waals surface area (Å²) < 4.78 is 5.31. The van der Waals surface area contributed by atoms with Crippen molar-refractivity contribution < 1.29 is 19.2 Å². The number of benzene rings is 1. The van der Waals surface area contributed by atoms with Gasteiger partial charge in [-0.2, -0.15) is 0 Å². The van der Waals surface area contributed by atoms with Crippen LogP contribution in [0.25, 0.3) is 0 Å². The van der Waals surface area contributed by atoms with Gasteiger partial charge in [-0.05, 0) is 31.7 Å². The minimum atomic E-state index is -0.539. The first-order valence-corrected chi connectivity index (χ1v) is 8.76. The van der Waals surface area contributed by atoms with Gasteiger partial charge < -0.3 is 15.4 Å². The maximum absolute atomic E-state index is 12.5. The summed E-state index contributed by atoms with van der Waals surface area (Å²) in [6.07, 6.45) is 4.05. The molecule has 0 saturated carbocycles. The second-order valence-corrected chi connectivity index (χ2v) is 7.05. The van der Waals surface area contributed by atoms with Gasteiger partial charge in [0.2, 0.25) is 5.91 Å². The zero-order valence-electron chi connectivity index (χ0n) is 14.6. The molecule has 4 rings (SSSR count). The van der Waals surface area contributed by atoms with Gasteiger partial charge in [0.1, 0.15) is 12.3 Å². The number of halogens is 1. The highest BCUT2D eigenvalue weighted by Gasteiger charge is 2.35. The van der Waals surface area contributed by atoms with Crippen LogP contribution in [-0.2, 0) is 9.59 Å². The third-order valence-corrected chi connectivity index (χ3v) is 5.24. The molecule has 1 aromatic carbocycles. The fourth-order valence-electron chi connectivity index (χ4n) is 4.07. The topological polar surface area (TPSA) is 114 Å². The van der Waals surface area contributed by atoms with Crippen molar-refractivity contribution in [1.29, 1.82) is 0 Å². The quantitative estimate of drug-likeness (QED) is 0.582. The van der Waals surface area contributed by atoms with Gasteiger partial charge in [0, 0.05) is 30.3 Å². The van der Waals surface area contributed by atoms with E-state index in [9.17, 15) is 19.7 Å². The minimum Gasteiger partial charge on any atom is -0.482 e. The molecule has 0 spiro atoms. The largest absolute Gasteiger partial charge is 0.482 e. The lowest BCUT2D eigenvalue weighted by atomic mass is 10.00. The summed E-state index contributed by atoms with van der Waals surface area (Å²) in [7, 11) is 0. The molecule has 3 aliphatic rings. The van der Waals surface area contributed by atoms with Gasteiger partial charge in [-0.1, -0.05) is 0 Å². The molecule has 3 aliphatic heterocycles. The van der Waals surface area contributed by atoms with Crippen LogP contribution in [0.3, 0.4) is 0 Å². The third kappa shape index (κ3) is 3.98. The number of carbonyl (C=O) groups is 2. The van der Waals surface area contributed by atoms with Crippen LogP contribution in [0.1, 0.15) is 25.7 Å². The number of nitro benzene ring substituents is 1. The zero-order chi connectivity index (χ0) is 18.3. The van der Waals surface area contributed by atoms with Crippen molar-refractivity contribution in [3.63, 3.8) is 0 Å². The fraction of sp³-hybridized carbons (Fsp3) is 0.529. The Balaban J connectivity index is 0.00000210. The van der Waals surface area contributed by atoms with Crippen LogP contribution in [0.4, 0.5) is 11.4 Å². The average Bonchev–Trinajstić information content (AvgIpc) is 2.95. The molecule has 146 valence electrons. The maximum Gasteiger partial charge on any atom is 0.271 e. The molecule has 2 unspecified atom stereocenters. The Kier molecular flexibility index (Phi) is 5.52. The molecule has 2 amide bonds. The molecule has 2 atom stereocenters. The second-order valence-electron chi connectivity index (χ2n) is 7.05. The molecule has 10 heteroatoms. The number of fused-ring (bicyclic) bond motifs is 3. The number of carbonyl (C=O) groups excluding carboxylic acids is 2. The molecule has 9 nitrogen and oxygen atoms in total. The van der Waals surface area contributed by atoms with Gasteiger partial charge in [-0.3, -0.25) is 24.6 Å². The van der Waals surface area contributed by atoms with E-state index >= 15 is 0 Å². The smallest absolute Gasteiger partial charge is 0.271 e. The number of piperidine rings is 1. The first-order chi connectivity index (χ1) is 12.5. The van der Waals surface area contributed by atoms with E-state index in [1.807, 2.05) is 0 Å². The van der Waals surface area contributed by atoms with E-state index < -0.39 is 10.8 Å². The number of ether oxygens (including phenoxy) is 1. The van der Waals surface area contributed by atoms with Crippen molar-refractivity contribution >= 4 is 35.6 Å². The average molecular weight is 397 g/mol. The van der Waals surface area contributed by atoms with Gasteiger partial charge in [0.25, 0.3) is 11.6 Å². The predicted molar refractivity (Wildman–Crippen MR) is 99.3 cm³/mol. The van der Waals surface area contributed by atoms with E-state index in [4.69, 9.17) is 4.74 Å². The molecular formula is C17H21ClN4O5. The van der Waals surface area contributed by atoms with Gasteiger partial charge in [0.05, 0.1) is 10.6 Å². The summed E-state index contributed by atoms with van der Waals surface area (Å²) in [5.41, 5.74) is 0.110. The van der Waals surface area contributed by atoms with Crippen LogP contribution in [0.15, 0.2) is 18.2 Å². The number of hydrogen-bond acceptors (Lipinski definition) is 6. The summed E-state index contributed by atoms with van der Waals surface area (Å²) >= 11 is 0. The molecule has 1 aromatic rings. The Hall–Kier alpha value is -2.39. The lowest BCUT2D eigenvalue weighted by molar-refractivity contribution is -0.384. The number of non-ortho nitro benzene ring substituents is 1. The normalized spacial score (nSPS) is 25.9. The van der Waals surface area contributed by atoms with Crippen LogP contribution < -0.4 is 20.3 Å². The van der Waals surface area contributed by atoms with Gasteiger partial charge >= 0.3 is 0 Å². The van der Waals surface area contributed by atoms with Crippen molar-refractivity contribution in [3.8, 4) is 5.75 Å². The Morgan fingerprint density at radius 3 is 2.70 bits per heavy atom. The van der Waals surface area contributed by atoms with Gasteiger partial charge in [-0.25, -0.2) is 0 Å². The van der Waals surface area contributed by atoms with Crippen LogP contribution in [0, 0.1) is 10.1 Å². The number of nitrogens with zero attached hydrogens (tertiary/aromatic N) is 2. The van der Waals surface area contributed by atoms with Crippen LogP contribution in [0.5, 0.6) is 5.75 Å². The Morgan fingerprint density at radius 2 is 2.04 bits per heavy atom. The van der Waals surface area contributed by atoms with E-state index in [1.165, 1.54) is 23.1 Å². The molecule has 0 radical (unpaired) electrons. The number of anilines is 1. The Bertz CT molecular complexity index is 762. The molecule has 0 aliphatic carbocycles. The third-order valence-electron chi connectivity index (χ3n) is 5.24. The summed E-state index contributed by atoms with van der Waals surface area (Å²) in [6, 6.07) is 5.04. The lowest BCUT2D eigenvalue weighted by Crippen LogP contribution is -2.51. The fourth-order valence-corrected chi connectivity index (χ4v) is 4.07. The number of amides is 2. The van der Waals surface area contributed by atoms with Crippen molar-refractivity contribution in [2.45, 2.75) is 43.8 Å². The molecule has 2 bridgehead atoms. The molecule has 27 heavy (non-hydrogen) atoms. The summed E-state index contributed by atoms with van der Waals surface area (Å²) in [5.74, 6) is -0.287. The number of nitro groups is 1. The van der Waals surface area contributed by atoms with Crippen molar-refractivity contribution in [2.24, 2.45) is 0 Å². The lowest BCUT2D eigenvalue weighted by Gasteiger charge is -2.32. The number of rotatable bonds is 4.